The summed E-state index contributed by atoms with van der Waals surface area (Å²) in [6.45, 7) is 12.7. The van der Waals surface area contributed by atoms with E-state index in [1.54, 1.807) is 0 Å². The van der Waals surface area contributed by atoms with Crippen LogP contribution in [-0.2, 0) is 22.6 Å². The number of aryl methyl sites for hydroxylation is 1. The molecule has 4 rings (SSSR count). The molecule has 0 unspecified atom stereocenters. The van der Waals surface area contributed by atoms with Crippen LogP contribution in [0.25, 0.3) is 11.1 Å². The van der Waals surface area contributed by atoms with E-state index < -0.39 is 17.7 Å². The molecule has 0 spiro atoms. The molecule has 2 aromatic carbocycles. The first-order valence-corrected chi connectivity index (χ1v) is 13.1. The number of ether oxygens (including phenoxy) is 1. The summed E-state index contributed by atoms with van der Waals surface area (Å²) in [6, 6.07) is 8.40. The Morgan fingerprint density at radius 2 is 1.56 bits per heavy atom. The Bertz CT molecular complexity index is 1140. The molecule has 1 atom stereocenters. The summed E-state index contributed by atoms with van der Waals surface area (Å²) in [5.74, 6) is -1.01. The van der Waals surface area contributed by atoms with Crippen molar-refractivity contribution in [1.82, 2.24) is 10.2 Å². The van der Waals surface area contributed by atoms with Crippen molar-refractivity contribution in [3.05, 3.63) is 57.6 Å². The Kier molecular flexibility index (Phi) is 7.46. The van der Waals surface area contributed by atoms with E-state index in [0.717, 1.165) is 64.6 Å². The van der Waals surface area contributed by atoms with Crippen LogP contribution in [0.4, 0.5) is 4.79 Å². The maximum absolute atomic E-state index is 13.2. The van der Waals surface area contributed by atoms with Gasteiger partial charge in [0.1, 0.15) is 0 Å². The molecule has 36 heavy (non-hydrogen) atoms. The lowest BCUT2D eigenvalue weighted by atomic mass is 9.83. The van der Waals surface area contributed by atoms with Gasteiger partial charge in [-0.1, -0.05) is 49.1 Å². The Hall–Kier alpha value is -2.86. The number of urea groups is 1. The lowest BCUT2D eigenvalue weighted by Crippen LogP contribution is -2.43. The maximum atomic E-state index is 13.2. The quantitative estimate of drug-likeness (QED) is 0.494. The van der Waals surface area contributed by atoms with Gasteiger partial charge in [-0.3, -0.25) is 0 Å². The van der Waals surface area contributed by atoms with Gasteiger partial charge in [-0.25, -0.2) is 9.59 Å². The number of rotatable bonds is 5. The third-order valence-corrected chi connectivity index (χ3v) is 7.53. The van der Waals surface area contributed by atoms with Crippen LogP contribution >= 0.6 is 0 Å². The smallest absolute Gasteiger partial charge is 0.337 e. The van der Waals surface area contributed by atoms with Crippen LogP contribution in [0.5, 0.6) is 0 Å². The van der Waals surface area contributed by atoms with E-state index in [1.165, 1.54) is 6.42 Å². The number of benzene rings is 2. The number of amides is 2. The summed E-state index contributed by atoms with van der Waals surface area (Å²) in [5.41, 5.74) is 7.13. The van der Waals surface area contributed by atoms with Crippen molar-refractivity contribution >= 4 is 12.0 Å². The number of carbonyl (C=O) groups is 2. The molecule has 0 bridgehead atoms. The Morgan fingerprint density at radius 3 is 2.11 bits per heavy atom. The number of carbonyl (C=O) groups excluding carboxylic acids is 1. The molecular weight excluding hydrogens is 452 g/mol. The molecule has 2 amide bonds. The molecule has 6 heteroatoms. The zero-order valence-electron chi connectivity index (χ0n) is 22.5. The lowest BCUT2D eigenvalue weighted by molar-refractivity contribution is -0.160. The van der Waals surface area contributed by atoms with Gasteiger partial charge in [0.2, 0.25) is 0 Å². The first-order valence-electron chi connectivity index (χ1n) is 13.1. The molecule has 1 fully saturated rings. The van der Waals surface area contributed by atoms with Crippen molar-refractivity contribution in [2.45, 2.75) is 104 Å². The third kappa shape index (κ3) is 5.44. The Balaban J connectivity index is 1.79. The second-order valence-electron chi connectivity index (χ2n) is 11.5. The van der Waals surface area contributed by atoms with Gasteiger partial charge in [0, 0.05) is 24.7 Å². The van der Waals surface area contributed by atoms with Crippen LogP contribution in [0.3, 0.4) is 0 Å². The first-order chi connectivity index (χ1) is 17.0. The first kappa shape index (κ1) is 26.2. The molecule has 6 nitrogen and oxygen atoms in total. The van der Waals surface area contributed by atoms with E-state index in [4.69, 9.17) is 4.74 Å². The van der Waals surface area contributed by atoms with Gasteiger partial charge in [-0.05, 0) is 87.8 Å². The molecule has 0 saturated heterocycles. The van der Waals surface area contributed by atoms with E-state index in [-0.39, 0.29) is 12.1 Å². The summed E-state index contributed by atoms with van der Waals surface area (Å²) in [4.78, 5) is 27.6. The average molecular weight is 493 g/mol. The number of hydrogen-bond donors (Lipinski definition) is 2. The SMILES string of the molecule is Cc1ccc(-c2c(C)c3c(c(C)c2[C@H](OC(C)(C)C)C(=O)O)CN(C(=O)NC2CCCCC2)C3)cc1. The molecule has 1 aliphatic heterocycles. The van der Waals surface area contributed by atoms with Crippen molar-refractivity contribution in [2.75, 3.05) is 0 Å². The minimum atomic E-state index is -1.12. The number of nitrogens with one attached hydrogen (secondary N) is 1. The molecule has 1 saturated carbocycles. The van der Waals surface area contributed by atoms with Crippen LogP contribution in [-0.4, -0.2) is 33.6 Å². The number of aliphatic carboxylic acids is 1. The van der Waals surface area contributed by atoms with Gasteiger partial charge in [0.25, 0.3) is 0 Å². The molecule has 1 heterocycles. The van der Waals surface area contributed by atoms with Crippen LogP contribution < -0.4 is 5.32 Å². The standard InChI is InChI=1S/C30H40N2O4/c1-18-12-14-21(15-13-18)25-19(2)23-16-32(29(35)31-22-10-8-7-9-11-22)17-24(23)20(3)26(25)27(28(33)34)36-30(4,5)6/h12-15,22,27H,7-11,16-17H2,1-6H3,(H,31,35)(H,33,34)/t27-/m0/s1. The zero-order valence-corrected chi connectivity index (χ0v) is 22.5. The summed E-state index contributed by atoms with van der Waals surface area (Å²) >= 11 is 0. The molecule has 2 N–H and O–H groups in total. The fourth-order valence-corrected chi connectivity index (χ4v) is 5.68. The predicted octanol–water partition coefficient (Wildman–Crippen LogP) is 6.58. The highest BCUT2D eigenvalue weighted by Crippen LogP contribution is 2.43. The van der Waals surface area contributed by atoms with E-state index in [1.807, 2.05) is 63.8 Å². The van der Waals surface area contributed by atoms with Crippen molar-refractivity contribution < 1.29 is 19.4 Å². The van der Waals surface area contributed by atoms with Gasteiger partial charge in [0.05, 0.1) is 5.60 Å². The second-order valence-corrected chi connectivity index (χ2v) is 11.5. The minimum Gasteiger partial charge on any atom is -0.479 e. The van der Waals surface area contributed by atoms with E-state index >= 15 is 0 Å². The highest BCUT2D eigenvalue weighted by atomic mass is 16.5. The summed E-state index contributed by atoms with van der Waals surface area (Å²) in [6.07, 6.45) is 4.53. The summed E-state index contributed by atoms with van der Waals surface area (Å²) in [5, 5.41) is 13.5. The summed E-state index contributed by atoms with van der Waals surface area (Å²) < 4.78 is 6.15. The van der Waals surface area contributed by atoms with Crippen molar-refractivity contribution in [3.63, 3.8) is 0 Å². The second kappa shape index (κ2) is 10.3. The minimum absolute atomic E-state index is 0.0314. The van der Waals surface area contributed by atoms with Crippen molar-refractivity contribution in [2.24, 2.45) is 0 Å². The molecule has 2 aliphatic rings. The van der Waals surface area contributed by atoms with Crippen LogP contribution in [0, 0.1) is 20.8 Å². The van der Waals surface area contributed by atoms with Gasteiger partial charge >= 0.3 is 12.0 Å². The maximum Gasteiger partial charge on any atom is 0.337 e. The van der Waals surface area contributed by atoms with Gasteiger partial charge in [-0.2, -0.15) is 0 Å². The zero-order chi connectivity index (χ0) is 26.2. The molecule has 194 valence electrons. The monoisotopic (exact) mass is 492 g/mol. The number of nitrogens with zero attached hydrogens (tertiary/aromatic N) is 1. The summed E-state index contributed by atoms with van der Waals surface area (Å²) in [7, 11) is 0. The number of carboxylic acid groups (broad SMARTS) is 1. The number of fused-ring (bicyclic) bond motifs is 1. The molecule has 0 radical (unpaired) electrons. The fourth-order valence-electron chi connectivity index (χ4n) is 5.68. The van der Waals surface area contributed by atoms with Crippen molar-refractivity contribution in [3.8, 4) is 11.1 Å². The van der Waals surface area contributed by atoms with E-state index in [2.05, 4.69) is 12.2 Å². The predicted molar refractivity (Wildman–Crippen MR) is 142 cm³/mol. The fraction of sp³-hybridized carbons (Fsp3) is 0.533. The van der Waals surface area contributed by atoms with Crippen LogP contribution in [0.15, 0.2) is 24.3 Å². The van der Waals surface area contributed by atoms with E-state index in [9.17, 15) is 14.7 Å². The average Bonchev–Trinajstić information content (AvgIpc) is 3.27. The largest absolute Gasteiger partial charge is 0.479 e. The normalized spacial score (nSPS) is 17.1. The molecule has 2 aromatic rings. The highest BCUT2D eigenvalue weighted by molar-refractivity contribution is 5.85. The van der Waals surface area contributed by atoms with Crippen molar-refractivity contribution in [1.29, 1.82) is 0 Å². The number of carboxylic acids is 1. The lowest BCUT2D eigenvalue weighted by Gasteiger charge is -2.29. The van der Waals surface area contributed by atoms with E-state index in [0.29, 0.717) is 18.7 Å². The van der Waals surface area contributed by atoms with Gasteiger partial charge in [0.15, 0.2) is 6.10 Å². The Labute approximate surface area is 215 Å². The topological polar surface area (TPSA) is 78.9 Å². The Morgan fingerprint density at radius 1 is 0.972 bits per heavy atom. The third-order valence-electron chi connectivity index (χ3n) is 7.53. The highest BCUT2D eigenvalue weighted by Gasteiger charge is 2.36. The van der Waals surface area contributed by atoms with Crippen LogP contribution in [0.1, 0.15) is 92.4 Å². The van der Waals surface area contributed by atoms with Gasteiger partial charge < -0.3 is 20.1 Å². The number of hydrogen-bond acceptors (Lipinski definition) is 3. The molecule has 0 aromatic heterocycles. The molecular formula is C30H40N2O4. The van der Waals surface area contributed by atoms with Crippen LogP contribution in [0.2, 0.25) is 0 Å². The van der Waals surface area contributed by atoms with Gasteiger partial charge in [-0.15, -0.1) is 0 Å². The molecule has 1 aliphatic carbocycles.